The number of aryl methyl sites for hydroxylation is 1. The second kappa shape index (κ2) is 12.4. The first kappa shape index (κ1) is 26.3. The average molecular weight is 508 g/mol. The molecule has 0 aliphatic carbocycles. The molecule has 0 unspecified atom stereocenters. The van der Waals surface area contributed by atoms with Crippen molar-refractivity contribution in [2.75, 3.05) is 7.11 Å². The van der Waals surface area contributed by atoms with Crippen LogP contribution in [-0.2, 0) is 19.1 Å². The third kappa shape index (κ3) is 7.59. The number of rotatable bonds is 6. The Labute approximate surface area is 208 Å². The van der Waals surface area contributed by atoms with Crippen molar-refractivity contribution in [2.24, 2.45) is 0 Å². The van der Waals surface area contributed by atoms with Crippen LogP contribution < -0.4 is 20.7 Å². The van der Waals surface area contributed by atoms with Crippen LogP contribution >= 0.6 is 7.92 Å². The summed E-state index contributed by atoms with van der Waals surface area (Å²) in [5.41, 5.74) is 1.02. The van der Waals surface area contributed by atoms with E-state index in [4.69, 9.17) is 4.74 Å². The van der Waals surface area contributed by atoms with Crippen LogP contribution in [0.15, 0.2) is 114 Å². The number of ether oxygens (including phenoxy) is 1. The molecule has 0 aliphatic heterocycles. The Morgan fingerprint density at radius 2 is 1.14 bits per heavy atom. The molecule has 4 aromatic rings. The Morgan fingerprint density at radius 1 is 0.686 bits per heavy atom. The molecule has 35 heavy (non-hydrogen) atoms. The van der Waals surface area contributed by atoms with Gasteiger partial charge in [-0.1, -0.05) is 54.1 Å². The number of carbonyl (C=O) groups is 1. The number of carbonyl (C=O) groups excluding carboxylic acids is 1. The van der Waals surface area contributed by atoms with Crippen LogP contribution in [0.5, 0.6) is 5.75 Å². The molecule has 0 aromatic heterocycles. The third-order valence-electron chi connectivity index (χ3n) is 5.06. The van der Waals surface area contributed by atoms with Gasteiger partial charge in [0.1, 0.15) is 21.7 Å². The predicted octanol–water partition coefficient (Wildman–Crippen LogP) is 4.43. The summed E-state index contributed by atoms with van der Waals surface area (Å²) in [6.45, 7) is 3.31. The molecular formula is C28H28O5PS+. The average Bonchev–Trinajstić information content (AvgIpc) is 2.87. The van der Waals surface area contributed by atoms with Gasteiger partial charge in [0.25, 0.3) is 10.1 Å². The van der Waals surface area contributed by atoms with E-state index in [1.54, 1.807) is 12.1 Å². The highest BCUT2D eigenvalue weighted by atomic mass is 32.2. The summed E-state index contributed by atoms with van der Waals surface area (Å²) in [4.78, 5) is 11.2. The molecule has 0 bridgehead atoms. The second-order valence-corrected chi connectivity index (χ2v) is 11.9. The fourth-order valence-corrected chi connectivity index (χ4v) is 6.58. The first-order valence-electron chi connectivity index (χ1n) is 10.9. The molecule has 0 spiro atoms. The lowest BCUT2D eigenvalue weighted by atomic mass is 10.2. The molecule has 7 heteroatoms. The molecule has 0 aliphatic rings. The Hall–Kier alpha value is -3.31. The molecule has 0 N–H and O–H groups in total. The van der Waals surface area contributed by atoms with E-state index in [-0.39, 0.29) is 10.9 Å². The smallest absolute Gasteiger partial charge is 0.308 e. The molecule has 0 atom stereocenters. The number of benzene rings is 4. The van der Waals surface area contributed by atoms with Gasteiger partial charge < -0.3 is 4.74 Å². The van der Waals surface area contributed by atoms with Gasteiger partial charge in [-0.25, -0.2) is 0 Å². The minimum Gasteiger partial charge on any atom is -0.427 e. The van der Waals surface area contributed by atoms with Gasteiger partial charge in [0, 0.05) is 6.92 Å². The first-order chi connectivity index (χ1) is 16.8. The van der Waals surface area contributed by atoms with E-state index in [1.807, 2.05) is 31.2 Å². The highest BCUT2D eigenvalue weighted by Gasteiger charge is 2.25. The molecule has 0 amide bonds. The Kier molecular flexibility index (Phi) is 9.32. The van der Waals surface area contributed by atoms with Crippen molar-refractivity contribution in [3.05, 3.63) is 115 Å². The normalized spacial score (nSPS) is 10.9. The minimum atomic E-state index is -3.51. The molecule has 5 nitrogen and oxygen atoms in total. The van der Waals surface area contributed by atoms with E-state index in [1.165, 1.54) is 35.0 Å². The van der Waals surface area contributed by atoms with Crippen LogP contribution in [0.4, 0.5) is 0 Å². The van der Waals surface area contributed by atoms with Crippen LogP contribution in [-0.4, -0.2) is 21.5 Å². The van der Waals surface area contributed by atoms with Gasteiger partial charge in [-0.3, -0.25) is 8.98 Å². The third-order valence-corrected chi connectivity index (χ3v) is 9.08. The monoisotopic (exact) mass is 507 g/mol. The van der Waals surface area contributed by atoms with Crippen LogP contribution in [0.2, 0.25) is 0 Å². The molecule has 0 saturated heterocycles. The number of hydrogen-bond acceptors (Lipinski definition) is 5. The summed E-state index contributed by atoms with van der Waals surface area (Å²) < 4.78 is 31.6. The minimum absolute atomic E-state index is 0.190. The zero-order chi connectivity index (χ0) is 25.3. The Morgan fingerprint density at radius 3 is 1.57 bits per heavy atom. The fraction of sp³-hybridized carbons (Fsp3) is 0.107. The molecule has 0 saturated carbocycles. The maximum atomic E-state index is 11.1. The van der Waals surface area contributed by atoms with Crippen LogP contribution in [0.1, 0.15) is 12.5 Å². The van der Waals surface area contributed by atoms with Gasteiger partial charge >= 0.3 is 5.97 Å². The number of hydrogen-bond donors (Lipinski definition) is 0. The van der Waals surface area contributed by atoms with Gasteiger partial charge in [-0.15, -0.1) is 0 Å². The van der Waals surface area contributed by atoms with Crippen molar-refractivity contribution in [2.45, 2.75) is 18.7 Å². The topological polar surface area (TPSA) is 69.7 Å². The summed E-state index contributed by atoms with van der Waals surface area (Å²) in [5.74, 6) is 0.290. The second-order valence-electron chi connectivity index (χ2n) is 7.66. The van der Waals surface area contributed by atoms with Crippen molar-refractivity contribution in [1.29, 1.82) is 0 Å². The SMILES string of the molecule is CC(=O)Oc1ccc([PH+](c2ccccc2)c2ccccc2)cc1.COS(=O)(=O)c1ccc(C)cc1. The predicted molar refractivity (Wildman–Crippen MR) is 143 cm³/mol. The van der Waals surface area contributed by atoms with E-state index in [2.05, 4.69) is 64.8 Å². The van der Waals surface area contributed by atoms with Crippen LogP contribution in [0.3, 0.4) is 0 Å². The molecule has 4 aromatic carbocycles. The zero-order valence-corrected chi connectivity index (χ0v) is 21.7. The maximum absolute atomic E-state index is 11.1. The summed E-state index contributed by atoms with van der Waals surface area (Å²) in [6.07, 6.45) is 0. The van der Waals surface area contributed by atoms with E-state index in [0.29, 0.717) is 5.75 Å². The lowest BCUT2D eigenvalue weighted by Gasteiger charge is -2.11. The van der Waals surface area contributed by atoms with Gasteiger partial charge in [0.05, 0.1) is 19.9 Å². The lowest BCUT2D eigenvalue weighted by Crippen LogP contribution is -2.20. The molecule has 0 radical (unpaired) electrons. The summed E-state index contributed by atoms with van der Waals surface area (Å²) in [6, 6.07) is 35.5. The van der Waals surface area contributed by atoms with Crippen molar-refractivity contribution < 1.29 is 22.1 Å². The molecule has 0 fully saturated rings. The molecule has 180 valence electrons. The highest BCUT2D eigenvalue weighted by molar-refractivity contribution is 7.86. The highest BCUT2D eigenvalue weighted by Crippen LogP contribution is 2.33. The largest absolute Gasteiger partial charge is 0.427 e. The number of esters is 1. The lowest BCUT2D eigenvalue weighted by molar-refractivity contribution is -0.131. The molecule has 4 rings (SSSR count). The fourth-order valence-electron chi connectivity index (χ4n) is 3.37. The van der Waals surface area contributed by atoms with Crippen molar-refractivity contribution in [1.82, 2.24) is 0 Å². The molecular weight excluding hydrogens is 479 g/mol. The Bertz CT molecular complexity index is 1280. The van der Waals surface area contributed by atoms with E-state index in [9.17, 15) is 13.2 Å². The van der Waals surface area contributed by atoms with Gasteiger partial charge in [0.15, 0.2) is 0 Å². The Balaban J connectivity index is 0.000000241. The van der Waals surface area contributed by atoms with Gasteiger partial charge in [-0.05, 0) is 67.6 Å². The van der Waals surface area contributed by atoms with E-state index >= 15 is 0 Å². The van der Waals surface area contributed by atoms with Crippen LogP contribution in [0, 0.1) is 6.92 Å². The molecule has 0 heterocycles. The van der Waals surface area contributed by atoms with Crippen molar-refractivity contribution in [3.63, 3.8) is 0 Å². The van der Waals surface area contributed by atoms with Gasteiger partial charge in [-0.2, -0.15) is 8.42 Å². The van der Waals surface area contributed by atoms with Crippen molar-refractivity contribution >= 4 is 39.9 Å². The quantitative estimate of drug-likeness (QED) is 0.167. The zero-order valence-electron chi connectivity index (χ0n) is 19.8. The van der Waals surface area contributed by atoms with Crippen LogP contribution in [0.25, 0.3) is 0 Å². The first-order valence-corrected chi connectivity index (χ1v) is 13.8. The summed E-state index contributed by atoms with van der Waals surface area (Å²) in [5, 5.41) is 3.94. The summed E-state index contributed by atoms with van der Waals surface area (Å²) in [7, 11) is -3.43. The van der Waals surface area contributed by atoms with E-state index < -0.39 is 18.0 Å². The van der Waals surface area contributed by atoms with Gasteiger partial charge in [0.2, 0.25) is 0 Å². The van der Waals surface area contributed by atoms with Crippen molar-refractivity contribution in [3.8, 4) is 5.75 Å². The van der Waals surface area contributed by atoms with E-state index in [0.717, 1.165) is 12.7 Å². The standard InChI is InChI=1S/C20H17O2P.C8H10O3S/c1-16(21)22-17-12-14-20(15-13-17)23(18-8-4-2-5-9-18)19-10-6-3-7-11-19;1-7-3-5-8(6-4-7)12(9,10)11-2/h2-15H,1H3;3-6H,1-2H3/p+1. The maximum Gasteiger partial charge on any atom is 0.308 e. The summed E-state index contributed by atoms with van der Waals surface area (Å²) >= 11 is 0.